The van der Waals surface area contributed by atoms with Crippen LogP contribution in [0.3, 0.4) is 0 Å². The molecule has 2 rings (SSSR count). The first kappa shape index (κ1) is 8.10. The van der Waals surface area contributed by atoms with Gasteiger partial charge in [-0.2, -0.15) is 5.10 Å². The molecule has 1 N–H and O–H groups in total. The van der Waals surface area contributed by atoms with Crippen molar-refractivity contribution in [3.63, 3.8) is 0 Å². The largest absolute Gasteiger partial charge is 0.336 e. The van der Waals surface area contributed by atoms with Gasteiger partial charge in [0.25, 0.3) is 0 Å². The van der Waals surface area contributed by atoms with Gasteiger partial charge in [-0.05, 0) is 6.07 Å². The number of aryl methyl sites for hydroxylation is 1. The average Bonchev–Trinajstić information content (AvgIpc) is 2.64. The third-order valence-electron chi connectivity index (χ3n) is 2.07. The molecule has 5 nitrogen and oxygen atoms in total. The Kier molecular flexibility index (Phi) is 1.92. The molecule has 1 aliphatic rings. The number of carbonyl (C=O) groups excluding carboxylic acids is 1. The fourth-order valence-electron chi connectivity index (χ4n) is 1.41. The molecule has 0 spiro atoms. The van der Waals surface area contributed by atoms with E-state index in [4.69, 9.17) is 0 Å². The average molecular weight is 180 g/mol. The van der Waals surface area contributed by atoms with E-state index < -0.39 is 0 Å². The molecule has 2 amide bonds. The predicted octanol–water partition coefficient (Wildman–Crippen LogP) is -0.0547. The van der Waals surface area contributed by atoms with Crippen LogP contribution in [0, 0.1) is 0 Å². The summed E-state index contributed by atoms with van der Waals surface area (Å²) >= 11 is 0. The Morgan fingerprint density at radius 2 is 2.54 bits per heavy atom. The number of hydrogen-bond donors (Lipinski definition) is 1. The molecular formula is C8H12N4O. The Bertz CT molecular complexity index is 320. The molecule has 1 aromatic rings. The van der Waals surface area contributed by atoms with Gasteiger partial charge in [-0.25, -0.2) is 4.79 Å². The van der Waals surface area contributed by atoms with Crippen molar-refractivity contribution >= 4 is 6.03 Å². The van der Waals surface area contributed by atoms with Crippen LogP contribution in [0.25, 0.3) is 0 Å². The van der Waals surface area contributed by atoms with Gasteiger partial charge in [-0.3, -0.25) is 4.68 Å². The zero-order valence-electron chi connectivity index (χ0n) is 7.53. The molecule has 2 heterocycles. The summed E-state index contributed by atoms with van der Waals surface area (Å²) in [5.41, 5.74) is 0.930. The van der Waals surface area contributed by atoms with Crippen molar-refractivity contribution in [3.05, 3.63) is 18.0 Å². The van der Waals surface area contributed by atoms with Crippen molar-refractivity contribution in [1.29, 1.82) is 0 Å². The predicted molar refractivity (Wildman–Crippen MR) is 47.0 cm³/mol. The molecule has 0 saturated carbocycles. The molecule has 0 aliphatic carbocycles. The summed E-state index contributed by atoms with van der Waals surface area (Å²) in [7, 11) is 1.87. The van der Waals surface area contributed by atoms with E-state index in [1.54, 1.807) is 9.58 Å². The van der Waals surface area contributed by atoms with E-state index in [-0.39, 0.29) is 6.03 Å². The first-order chi connectivity index (χ1) is 6.25. The normalized spacial score (nSPS) is 16.4. The molecule has 1 fully saturated rings. The molecule has 0 radical (unpaired) electrons. The highest BCUT2D eigenvalue weighted by Gasteiger charge is 2.19. The van der Waals surface area contributed by atoms with Crippen LogP contribution in [0.2, 0.25) is 0 Å². The number of rotatable bonds is 2. The lowest BCUT2D eigenvalue weighted by molar-refractivity contribution is 0.215. The standard InChI is InChI=1S/C8H12N4O/c1-11-4-2-7(10-11)6-12-5-3-9-8(12)13/h2,4H,3,5-6H2,1H3,(H,9,13). The van der Waals surface area contributed by atoms with Crippen LogP contribution >= 0.6 is 0 Å². The summed E-state index contributed by atoms with van der Waals surface area (Å²) in [5, 5.41) is 6.95. The van der Waals surface area contributed by atoms with Crippen molar-refractivity contribution in [3.8, 4) is 0 Å². The second kappa shape index (κ2) is 3.08. The summed E-state index contributed by atoms with van der Waals surface area (Å²) in [6.45, 7) is 2.12. The fraction of sp³-hybridized carbons (Fsp3) is 0.500. The zero-order valence-corrected chi connectivity index (χ0v) is 7.53. The smallest absolute Gasteiger partial charge is 0.317 e. The SMILES string of the molecule is Cn1ccc(CN2CCNC2=O)n1. The molecule has 13 heavy (non-hydrogen) atoms. The summed E-state index contributed by atoms with van der Waals surface area (Å²) in [6.07, 6.45) is 1.88. The number of urea groups is 1. The van der Waals surface area contributed by atoms with Crippen LogP contribution < -0.4 is 5.32 Å². The topological polar surface area (TPSA) is 50.2 Å². The van der Waals surface area contributed by atoms with Gasteiger partial charge in [-0.15, -0.1) is 0 Å². The maximum Gasteiger partial charge on any atom is 0.317 e. The minimum Gasteiger partial charge on any atom is -0.336 e. The van der Waals surface area contributed by atoms with Gasteiger partial charge in [0.05, 0.1) is 12.2 Å². The van der Waals surface area contributed by atoms with Crippen molar-refractivity contribution in [2.75, 3.05) is 13.1 Å². The van der Waals surface area contributed by atoms with Crippen molar-refractivity contribution in [2.45, 2.75) is 6.54 Å². The van der Waals surface area contributed by atoms with E-state index in [1.165, 1.54) is 0 Å². The number of nitrogens with one attached hydrogen (secondary N) is 1. The highest BCUT2D eigenvalue weighted by molar-refractivity contribution is 5.76. The maximum absolute atomic E-state index is 11.2. The molecule has 0 unspecified atom stereocenters. The molecule has 0 aromatic carbocycles. The Balaban J connectivity index is 2.01. The van der Waals surface area contributed by atoms with Crippen LogP contribution in [0.1, 0.15) is 5.69 Å². The van der Waals surface area contributed by atoms with Crippen molar-refractivity contribution in [1.82, 2.24) is 20.0 Å². The van der Waals surface area contributed by atoms with Gasteiger partial charge in [0.1, 0.15) is 0 Å². The van der Waals surface area contributed by atoms with Crippen LogP contribution in [0.15, 0.2) is 12.3 Å². The second-order valence-corrected chi connectivity index (χ2v) is 3.13. The summed E-state index contributed by atoms with van der Waals surface area (Å²) in [6, 6.07) is 1.93. The summed E-state index contributed by atoms with van der Waals surface area (Å²) in [5.74, 6) is 0. The molecule has 1 saturated heterocycles. The highest BCUT2D eigenvalue weighted by Crippen LogP contribution is 2.04. The number of hydrogen-bond acceptors (Lipinski definition) is 2. The zero-order chi connectivity index (χ0) is 9.26. The Morgan fingerprint density at radius 1 is 1.69 bits per heavy atom. The van der Waals surface area contributed by atoms with E-state index in [2.05, 4.69) is 10.4 Å². The van der Waals surface area contributed by atoms with E-state index in [1.807, 2.05) is 19.3 Å². The van der Waals surface area contributed by atoms with Crippen molar-refractivity contribution in [2.24, 2.45) is 7.05 Å². The Hall–Kier alpha value is -1.52. The first-order valence-corrected chi connectivity index (χ1v) is 4.27. The third-order valence-corrected chi connectivity index (χ3v) is 2.07. The lowest BCUT2D eigenvalue weighted by atomic mass is 10.4. The Labute approximate surface area is 76.3 Å². The third kappa shape index (κ3) is 1.63. The number of carbonyl (C=O) groups is 1. The van der Waals surface area contributed by atoms with Crippen LogP contribution in [-0.2, 0) is 13.6 Å². The molecule has 5 heteroatoms. The van der Waals surface area contributed by atoms with E-state index in [9.17, 15) is 4.79 Å². The van der Waals surface area contributed by atoms with Gasteiger partial charge in [0.15, 0.2) is 0 Å². The lowest BCUT2D eigenvalue weighted by Gasteiger charge is -2.11. The van der Waals surface area contributed by atoms with Crippen LogP contribution in [-0.4, -0.2) is 33.8 Å². The van der Waals surface area contributed by atoms with Crippen LogP contribution in [0.4, 0.5) is 4.79 Å². The molecule has 0 bridgehead atoms. The molecule has 1 aliphatic heterocycles. The summed E-state index contributed by atoms with van der Waals surface area (Å²) < 4.78 is 1.74. The monoisotopic (exact) mass is 180 g/mol. The minimum atomic E-state index is 0.00523. The molecule has 1 aromatic heterocycles. The fourth-order valence-corrected chi connectivity index (χ4v) is 1.41. The van der Waals surface area contributed by atoms with E-state index in [0.29, 0.717) is 6.54 Å². The van der Waals surface area contributed by atoms with E-state index >= 15 is 0 Å². The van der Waals surface area contributed by atoms with Gasteiger partial charge in [-0.1, -0.05) is 0 Å². The van der Waals surface area contributed by atoms with Crippen LogP contribution in [0.5, 0.6) is 0 Å². The number of amides is 2. The Morgan fingerprint density at radius 3 is 3.08 bits per heavy atom. The van der Waals surface area contributed by atoms with E-state index in [0.717, 1.165) is 18.8 Å². The maximum atomic E-state index is 11.2. The van der Waals surface area contributed by atoms with Crippen molar-refractivity contribution < 1.29 is 4.79 Å². The van der Waals surface area contributed by atoms with Gasteiger partial charge in [0, 0.05) is 26.3 Å². The first-order valence-electron chi connectivity index (χ1n) is 4.27. The number of nitrogens with zero attached hydrogens (tertiary/aromatic N) is 3. The molecule has 70 valence electrons. The quantitative estimate of drug-likeness (QED) is 0.693. The second-order valence-electron chi connectivity index (χ2n) is 3.13. The lowest BCUT2D eigenvalue weighted by Crippen LogP contribution is -2.27. The van der Waals surface area contributed by atoms with Gasteiger partial charge >= 0.3 is 6.03 Å². The minimum absolute atomic E-state index is 0.00523. The summed E-state index contributed by atoms with van der Waals surface area (Å²) in [4.78, 5) is 12.9. The number of aromatic nitrogens is 2. The van der Waals surface area contributed by atoms with Gasteiger partial charge < -0.3 is 10.2 Å². The molecule has 0 atom stereocenters. The van der Waals surface area contributed by atoms with Gasteiger partial charge in [0.2, 0.25) is 0 Å². The molecular weight excluding hydrogens is 168 g/mol. The highest BCUT2D eigenvalue weighted by atomic mass is 16.2.